The van der Waals surface area contributed by atoms with Crippen molar-refractivity contribution in [3.8, 4) is 0 Å². The summed E-state index contributed by atoms with van der Waals surface area (Å²) < 4.78 is 0. The zero-order valence-electron chi connectivity index (χ0n) is 6.57. The normalized spacial score (nSPS) is 20.4. The summed E-state index contributed by atoms with van der Waals surface area (Å²) in [5.41, 5.74) is 0.835. The molecule has 0 fully saturated rings. The minimum Gasteiger partial charge on any atom is -0.307 e. The van der Waals surface area contributed by atoms with Crippen LogP contribution in [0.15, 0.2) is 34.5 Å². The van der Waals surface area contributed by atoms with Crippen LogP contribution in [0.4, 0.5) is 4.79 Å². The van der Waals surface area contributed by atoms with Gasteiger partial charge in [-0.3, -0.25) is 0 Å². The SMILES string of the molecule is O=C1N=NC(c2cccc(Cl)c2)N1. The van der Waals surface area contributed by atoms with Gasteiger partial charge in [0.2, 0.25) is 0 Å². The van der Waals surface area contributed by atoms with E-state index in [1.165, 1.54) is 0 Å². The number of urea groups is 1. The molecule has 13 heavy (non-hydrogen) atoms. The Hall–Kier alpha value is -1.42. The zero-order valence-corrected chi connectivity index (χ0v) is 7.32. The molecule has 0 aliphatic carbocycles. The first-order chi connectivity index (χ1) is 6.25. The second kappa shape index (κ2) is 3.14. The van der Waals surface area contributed by atoms with Gasteiger partial charge in [0.25, 0.3) is 0 Å². The molecule has 1 aromatic rings. The molecule has 1 heterocycles. The van der Waals surface area contributed by atoms with E-state index in [4.69, 9.17) is 11.6 Å². The van der Waals surface area contributed by atoms with Gasteiger partial charge in [0, 0.05) is 5.02 Å². The maximum atomic E-state index is 10.7. The monoisotopic (exact) mass is 195 g/mol. The van der Waals surface area contributed by atoms with E-state index < -0.39 is 6.03 Å². The van der Waals surface area contributed by atoms with Crippen LogP contribution in [0.5, 0.6) is 0 Å². The molecule has 0 aromatic heterocycles. The van der Waals surface area contributed by atoms with Gasteiger partial charge in [-0.25, -0.2) is 4.79 Å². The van der Waals surface area contributed by atoms with E-state index in [1.54, 1.807) is 18.2 Å². The topological polar surface area (TPSA) is 53.8 Å². The molecule has 1 N–H and O–H groups in total. The van der Waals surface area contributed by atoms with Crippen molar-refractivity contribution < 1.29 is 4.79 Å². The van der Waals surface area contributed by atoms with E-state index in [-0.39, 0.29) is 6.17 Å². The van der Waals surface area contributed by atoms with Gasteiger partial charge in [0.1, 0.15) is 0 Å². The fourth-order valence-electron chi connectivity index (χ4n) is 1.11. The lowest BCUT2D eigenvalue weighted by molar-refractivity contribution is 0.250. The molecule has 2 amide bonds. The summed E-state index contributed by atoms with van der Waals surface area (Å²) in [4.78, 5) is 10.7. The fraction of sp³-hybridized carbons (Fsp3) is 0.125. The zero-order chi connectivity index (χ0) is 9.26. The van der Waals surface area contributed by atoms with Gasteiger partial charge in [-0.05, 0) is 17.7 Å². The summed E-state index contributed by atoms with van der Waals surface area (Å²) in [5.74, 6) is 0. The third kappa shape index (κ3) is 1.67. The van der Waals surface area contributed by atoms with E-state index in [2.05, 4.69) is 15.5 Å². The van der Waals surface area contributed by atoms with E-state index in [0.717, 1.165) is 5.56 Å². The summed E-state index contributed by atoms with van der Waals surface area (Å²) in [5, 5.41) is 10.3. The number of hydrogen-bond donors (Lipinski definition) is 1. The third-order valence-corrected chi connectivity index (χ3v) is 1.92. The number of halogens is 1. The largest absolute Gasteiger partial charge is 0.361 e. The van der Waals surface area contributed by atoms with Crippen LogP contribution in [0.2, 0.25) is 5.02 Å². The highest BCUT2D eigenvalue weighted by atomic mass is 35.5. The summed E-state index contributed by atoms with van der Waals surface area (Å²) in [7, 11) is 0. The van der Waals surface area contributed by atoms with Crippen molar-refractivity contribution in [3.05, 3.63) is 34.9 Å². The number of carbonyl (C=O) groups is 1. The van der Waals surface area contributed by atoms with Gasteiger partial charge in [0.05, 0.1) is 0 Å². The Morgan fingerprint density at radius 1 is 1.46 bits per heavy atom. The summed E-state index contributed by atoms with van der Waals surface area (Å²) >= 11 is 5.77. The van der Waals surface area contributed by atoms with E-state index in [1.807, 2.05) is 6.07 Å². The molecule has 1 aromatic carbocycles. The molecule has 0 radical (unpaired) electrons. The Morgan fingerprint density at radius 3 is 2.92 bits per heavy atom. The Bertz CT molecular complexity index is 377. The predicted octanol–water partition coefficient (Wildman–Crippen LogP) is 2.51. The van der Waals surface area contributed by atoms with Crippen LogP contribution >= 0.6 is 11.6 Å². The van der Waals surface area contributed by atoms with Gasteiger partial charge in [-0.1, -0.05) is 28.8 Å². The molecule has 2 rings (SSSR count). The van der Waals surface area contributed by atoms with E-state index in [9.17, 15) is 4.79 Å². The van der Waals surface area contributed by atoms with Crippen LogP contribution in [-0.4, -0.2) is 6.03 Å². The van der Waals surface area contributed by atoms with Crippen LogP contribution in [0.25, 0.3) is 0 Å². The molecule has 0 bridgehead atoms. The van der Waals surface area contributed by atoms with E-state index >= 15 is 0 Å². The van der Waals surface area contributed by atoms with Crippen molar-refractivity contribution in [2.24, 2.45) is 10.2 Å². The first-order valence-corrected chi connectivity index (χ1v) is 4.10. The van der Waals surface area contributed by atoms with Gasteiger partial charge in [-0.15, -0.1) is 0 Å². The number of hydrogen-bond acceptors (Lipinski definition) is 2. The molecule has 0 saturated carbocycles. The highest BCUT2D eigenvalue weighted by Gasteiger charge is 2.18. The molecule has 4 nitrogen and oxygen atoms in total. The van der Waals surface area contributed by atoms with Gasteiger partial charge < -0.3 is 5.32 Å². The number of azo groups is 1. The lowest BCUT2D eigenvalue weighted by Gasteiger charge is -2.05. The standard InChI is InChI=1S/C8H6ClN3O/c9-6-3-1-2-5(4-6)7-10-8(13)12-11-7/h1-4,7H,(H,10,13). The molecule has 1 unspecified atom stereocenters. The number of nitrogens with zero attached hydrogens (tertiary/aromatic N) is 2. The second-order valence-corrected chi connectivity index (χ2v) is 3.06. The Balaban J connectivity index is 2.27. The molecule has 1 atom stereocenters. The number of benzene rings is 1. The molecule has 1 aliphatic heterocycles. The maximum Gasteiger partial charge on any atom is 0.361 e. The quantitative estimate of drug-likeness (QED) is 0.736. The molecule has 0 spiro atoms. The van der Waals surface area contributed by atoms with Crippen molar-refractivity contribution in [2.75, 3.05) is 0 Å². The summed E-state index contributed by atoms with van der Waals surface area (Å²) in [6.45, 7) is 0. The molecular weight excluding hydrogens is 190 g/mol. The molecule has 5 heteroatoms. The lowest BCUT2D eigenvalue weighted by atomic mass is 10.2. The molecule has 66 valence electrons. The lowest BCUT2D eigenvalue weighted by Crippen LogP contribution is -2.17. The minimum atomic E-state index is -0.412. The summed E-state index contributed by atoms with van der Waals surface area (Å²) in [6, 6.07) is 6.74. The first-order valence-electron chi connectivity index (χ1n) is 3.72. The van der Waals surface area contributed by atoms with Gasteiger partial charge in [-0.2, -0.15) is 5.11 Å². The fourth-order valence-corrected chi connectivity index (χ4v) is 1.31. The average Bonchev–Trinajstić information content (AvgIpc) is 2.52. The smallest absolute Gasteiger partial charge is 0.307 e. The van der Waals surface area contributed by atoms with Gasteiger partial charge >= 0.3 is 6.03 Å². The second-order valence-electron chi connectivity index (χ2n) is 2.62. The highest BCUT2D eigenvalue weighted by Crippen LogP contribution is 2.21. The third-order valence-electron chi connectivity index (χ3n) is 1.69. The maximum absolute atomic E-state index is 10.7. The Kier molecular flexibility index (Phi) is 1.98. The summed E-state index contributed by atoms with van der Waals surface area (Å²) in [6.07, 6.45) is -0.383. The van der Waals surface area contributed by atoms with Crippen molar-refractivity contribution >= 4 is 17.6 Å². The predicted molar refractivity (Wildman–Crippen MR) is 47.6 cm³/mol. The van der Waals surface area contributed by atoms with Crippen LogP contribution in [0.3, 0.4) is 0 Å². The van der Waals surface area contributed by atoms with Crippen molar-refractivity contribution in [2.45, 2.75) is 6.17 Å². The van der Waals surface area contributed by atoms with E-state index in [0.29, 0.717) is 5.02 Å². The number of nitrogens with one attached hydrogen (secondary N) is 1. The number of rotatable bonds is 1. The van der Waals surface area contributed by atoms with Crippen LogP contribution in [0.1, 0.15) is 11.7 Å². The number of amides is 2. The van der Waals surface area contributed by atoms with Crippen LogP contribution < -0.4 is 5.32 Å². The van der Waals surface area contributed by atoms with Gasteiger partial charge in [0.15, 0.2) is 6.17 Å². The highest BCUT2D eigenvalue weighted by molar-refractivity contribution is 6.30. The molecule has 0 saturated heterocycles. The molecule has 1 aliphatic rings. The van der Waals surface area contributed by atoms with Crippen LogP contribution in [-0.2, 0) is 0 Å². The van der Waals surface area contributed by atoms with Crippen molar-refractivity contribution in [1.82, 2.24) is 5.32 Å². The number of carbonyl (C=O) groups excluding carboxylic acids is 1. The Labute approximate surface area is 79.6 Å². The minimum absolute atomic E-state index is 0.383. The molecular formula is C8H6ClN3O. The Morgan fingerprint density at radius 2 is 2.31 bits per heavy atom. The van der Waals surface area contributed by atoms with Crippen molar-refractivity contribution in [3.63, 3.8) is 0 Å². The van der Waals surface area contributed by atoms with Crippen LogP contribution in [0, 0.1) is 0 Å². The average molecular weight is 196 g/mol. The first kappa shape index (κ1) is 8.19. The van der Waals surface area contributed by atoms with Crippen molar-refractivity contribution in [1.29, 1.82) is 0 Å².